The van der Waals surface area contributed by atoms with Crippen molar-refractivity contribution in [1.29, 1.82) is 0 Å². The Morgan fingerprint density at radius 3 is 2.57 bits per heavy atom. The summed E-state index contributed by atoms with van der Waals surface area (Å²) in [5.41, 5.74) is 3.10. The number of hydrogen-bond acceptors (Lipinski definition) is 7. The van der Waals surface area contributed by atoms with Crippen molar-refractivity contribution in [2.24, 2.45) is 0 Å². The maximum atomic E-state index is 14.0. The number of thiazole rings is 1. The van der Waals surface area contributed by atoms with E-state index in [1.165, 1.54) is 21.7 Å². The van der Waals surface area contributed by atoms with Crippen LogP contribution in [0.5, 0.6) is 0 Å². The van der Waals surface area contributed by atoms with E-state index in [0.29, 0.717) is 41.9 Å². The number of carbonyl (C=O) groups excluding carboxylic acids is 1. The fourth-order valence-corrected chi connectivity index (χ4v) is 9.00. The molecule has 0 radical (unpaired) electrons. The quantitative estimate of drug-likeness (QED) is 0.365. The number of aromatic nitrogens is 1. The number of thiophene rings is 1. The second-order valence-electron chi connectivity index (χ2n) is 8.77. The summed E-state index contributed by atoms with van der Waals surface area (Å²) < 4.78 is 29.7. The summed E-state index contributed by atoms with van der Waals surface area (Å²) in [7, 11) is -3.81. The molecule has 1 saturated heterocycles. The molecule has 1 amide bonds. The molecular weight excluding hydrogens is 524 g/mol. The van der Waals surface area contributed by atoms with Crippen molar-refractivity contribution in [3.8, 4) is 0 Å². The van der Waals surface area contributed by atoms with Crippen LogP contribution in [0.25, 0.3) is 10.2 Å². The lowest BCUT2D eigenvalue weighted by molar-refractivity contribution is -0.121. The Hall–Kier alpha value is -1.56. The minimum Gasteiger partial charge on any atom is -0.302 e. The van der Waals surface area contributed by atoms with Crippen molar-refractivity contribution < 1.29 is 13.2 Å². The Balaban J connectivity index is 1.70. The third kappa shape index (κ3) is 5.42. The van der Waals surface area contributed by atoms with Crippen molar-refractivity contribution in [1.82, 2.24) is 14.2 Å². The number of halogens is 1. The summed E-state index contributed by atoms with van der Waals surface area (Å²) in [6.45, 7) is 11.5. The molecule has 1 fully saturated rings. The van der Waals surface area contributed by atoms with Crippen LogP contribution < -0.4 is 4.90 Å². The fourth-order valence-electron chi connectivity index (χ4n) is 4.56. The first-order valence-corrected chi connectivity index (χ1v) is 15.3. The van der Waals surface area contributed by atoms with E-state index in [9.17, 15) is 13.2 Å². The molecule has 190 valence electrons. The van der Waals surface area contributed by atoms with Gasteiger partial charge in [-0.2, -0.15) is 4.31 Å². The number of sulfonamides is 1. The van der Waals surface area contributed by atoms with Crippen molar-refractivity contribution in [3.05, 3.63) is 39.7 Å². The molecule has 0 N–H and O–H groups in total. The molecule has 1 aromatic carbocycles. The SMILES string of the molecule is CCN(CC)CCN(C(=O)C1CCCN1S(=O)(=O)c1ccc(Cl)s1)c1nc2c(C)cc(C)cc2s1. The van der Waals surface area contributed by atoms with Gasteiger partial charge in [-0.15, -0.1) is 11.3 Å². The molecule has 35 heavy (non-hydrogen) atoms. The Labute approximate surface area is 220 Å². The van der Waals surface area contributed by atoms with Crippen LogP contribution in [0.15, 0.2) is 28.5 Å². The van der Waals surface area contributed by atoms with E-state index in [-0.39, 0.29) is 10.1 Å². The first-order valence-electron chi connectivity index (χ1n) is 11.8. The Morgan fingerprint density at radius 1 is 1.17 bits per heavy atom. The van der Waals surface area contributed by atoms with Crippen molar-refractivity contribution in [3.63, 3.8) is 0 Å². The van der Waals surface area contributed by atoms with Crippen LogP contribution in [-0.4, -0.2) is 67.3 Å². The Bertz CT molecular complexity index is 1320. The number of hydrogen-bond donors (Lipinski definition) is 0. The molecule has 7 nitrogen and oxygen atoms in total. The van der Waals surface area contributed by atoms with Gasteiger partial charge in [0.15, 0.2) is 5.13 Å². The lowest BCUT2D eigenvalue weighted by atomic mass is 10.1. The van der Waals surface area contributed by atoms with Gasteiger partial charge in [-0.3, -0.25) is 9.69 Å². The number of amides is 1. The second-order valence-corrected chi connectivity index (χ2v) is 13.6. The molecular formula is C24H31ClN4O3S3. The lowest BCUT2D eigenvalue weighted by Gasteiger charge is -2.29. The lowest BCUT2D eigenvalue weighted by Crippen LogP contribution is -2.49. The topological polar surface area (TPSA) is 73.8 Å². The van der Waals surface area contributed by atoms with Crippen LogP contribution in [0.2, 0.25) is 4.34 Å². The maximum absolute atomic E-state index is 14.0. The normalized spacial score (nSPS) is 17.0. The standard InChI is InChI=1S/C24H31ClN4O3S3/c1-5-27(6-2)12-13-28(24-26-22-17(4)14-16(3)15-19(22)33-24)23(30)18-8-7-11-29(18)35(31,32)21-10-9-20(25)34-21/h9-10,14-15,18H,5-8,11-13H2,1-4H3. The summed E-state index contributed by atoms with van der Waals surface area (Å²) in [4.78, 5) is 22.8. The van der Waals surface area contributed by atoms with Gasteiger partial charge in [0.05, 0.1) is 14.6 Å². The monoisotopic (exact) mass is 554 g/mol. The molecule has 0 spiro atoms. The van der Waals surface area contributed by atoms with Crippen molar-refractivity contribution in [2.75, 3.05) is 37.6 Å². The summed E-state index contributed by atoms with van der Waals surface area (Å²) in [5.74, 6) is -0.214. The van der Waals surface area contributed by atoms with Gasteiger partial charge in [-0.05, 0) is 69.1 Å². The molecule has 1 aliphatic rings. The number of rotatable bonds is 9. The van der Waals surface area contributed by atoms with Gasteiger partial charge in [0, 0.05) is 19.6 Å². The van der Waals surface area contributed by atoms with Crippen LogP contribution in [0.1, 0.15) is 37.8 Å². The van der Waals surface area contributed by atoms with E-state index < -0.39 is 16.1 Å². The first-order chi connectivity index (χ1) is 16.6. The van der Waals surface area contributed by atoms with Gasteiger partial charge in [-0.1, -0.05) is 42.9 Å². The first kappa shape index (κ1) is 26.5. The minimum atomic E-state index is -3.81. The molecule has 2 aromatic heterocycles. The number of carbonyl (C=O) groups is 1. The molecule has 4 rings (SSSR count). The van der Waals surface area contributed by atoms with E-state index in [0.717, 1.165) is 45.8 Å². The Kier molecular flexibility index (Phi) is 8.19. The number of nitrogens with zero attached hydrogens (tertiary/aromatic N) is 4. The van der Waals surface area contributed by atoms with Crippen LogP contribution in [0.4, 0.5) is 5.13 Å². The third-order valence-corrected chi connectivity index (χ3v) is 11.1. The average Bonchev–Trinajstić information content (AvgIpc) is 3.56. The van der Waals surface area contributed by atoms with Gasteiger partial charge in [-0.25, -0.2) is 13.4 Å². The van der Waals surface area contributed by atoms with Crippen LogP contribution in [-0.2, 0) is 14.8 Å². The van der Waals surface area contributed by atoms with E-state index in [1.54, 1.807) is 11.0 Å². The van der Waals surface area contributed by atoms with Crippen LogP contribution in [0, 0.1) is 13.8 Å². The average molecular weight is 555 g/mol. The van der Waals surface area contributed by atoms with Gasteiger partial charge in [0.25, 0.3) is 10.0 Å². The summed E-state index contributed by atoms with van der Waals surface area (Å²) in [6, 6.07) is 6.51. The van der Waals surface area contributed by atoms with E-state index in [1.807, 2.05) is 13.8 Å². The smallest absolute Gasteiger partial charge is 0.253 e. The number of fused-ring (bicyclic) bond motifs is 1. The summed E-state index contributed by atoms with van der Waals surface area (Å²) >= 11 is 8.52. The zero-order chi connectivity index (χ0) is 25.3. The van der Waals surface area contributed by atoms with Gasteiger partial charge < -0.3 is 4.90 Å². The number of likely N-dealkylation sites (N-methyl/N-ethyl adjacent to an activating group) is 1. The molecule has 1 unspecified atom stereocenters. The molecule has 3 heterocycles. The molecule has 0 bridgehead atoms. The van der Waals surface area contributed by atoms with Crippen molar-refractivity contribution >= 4 is 65.6 Å². The zero-order valence-electron chi connectivity index (χ0n) is 20.5. The third-order valence-electron chi connectivity index (χ3n) is 6.45. The molecule has 11 heteroatoms. The van der Waals surface area contributed by atoms with E-state index in [2.05, 4.69) is 30.9 Å². The minimum absolute atomic E-state index is 0.169. The molecule has 1 aliphatic heterocycles. The molecule has 3 aromatic rings. The highest BCUT2D eigenvalue weighted by molar-refractivity contribution is 7.91. The van der Waals surface area contributed by atoms with E-state index in [4.69, 9.17) is 16.6 Å². The highest BCUT2D eigenvalue weighted by Gasteiger charge is 2.42. The summed E-state index contributed by atoms with van der Waals surface area (Å²) in [5, 5.41) is 0.620. The van der Waals surface area contributed by atoms with E-state index >= 15 is 0 Å². The highest BCUT2D eigenvalue weighted by atomic mass is 35.5. The van der Waals surface area contributed by atoms with Crippen LogP contribution >= 0.6 is 34.3 Å². The maximum Gasteiger partial charge on any atom is 0.253 e. The molecule has 0 saturated carbocycles. The zero-order valence-corrected chi connectivity index (χ0v) is 23.7. The Morgan fingerprint density at radius 2 is 1.91 bits per heavy atom. The fraction of sp³-hybridized carbons (Fsp3) is 0.500. The molecule has 1 atom stereocenters. The van der Waals surface area contributed by atoms with Gasteiger partial charge in [0.2, 0.25) is 5.91 Å². The second kappa shape index (κ2) is 10.8. The largest absolute Gasteiger partial charge is 0.302 e. The van der Waals surface area contributed by atoms with Gasteiger partial charge in [0.1, 0.15) is 10.3 Å². The number of aryl methyl sites for hydroxylation is 2. The number of benzene rings is 1. The van der Waals surface area contributed by atoms with Crippen molar-refractivity contribution in [2.45, 2.75) is 50.8 Å². The number of anilines is 1. The van der Waals surface area contributed by atoms with Crippen LogP contribution in [0.3, 0.4) is 0 Å². The predicted molar refractivity (Wildman–Crippen MR) is 145 cm³/mol. The predicted octanol–water partition coefficient (Wildman–Crippen LogP) is 5.16. The molecule has 0 aliphatic carbocycles. The highest BCUT2D eigenvalue weighted by Crippen LogP contribution is 2.35. The summed E-state index contributed by atoms with van der Waals surface area (Å²) in [6.07, 6.45) is 1.12. The van der Waals surface area contributed by atoms with Gasteiger partial charge >= 0.3 is 0 Å².